The third-order valence-corrected chi connectivity index (χ3v) is 4.98. The molecule has 10 heteroatoms. The Labute approximate surface area is 179 Å². The molecule has 2 aromatic carbocycles. The van der Waals surface area contributed by atoms with Crippen molar-refractivity contribution in [3.05, 3.63) is 71.0 Å². The average Bonchev–Trinajstić information content (AvgIpc) is 3.26. The Bertz CT molecular complexity index is 1110. The predicted octanol–water partition coefficient (Wildman–Crippen LogP) is 3.29. The van der Waals surface area contributed by atoms with E-state index in [1.165, 1.54) is 34.5 Å². The summed E-state index contributed by atoms with van der Waals surface area (Å²) in [7, 11) is 0. The normalized spacial score (nSPS) is 13.9. The first kappa shape index (κ1) is 19.9. The first-order valence-electron chi connectivity index (χ1n) is 9.08. The molecule has 0 aliphatic carbocycles. The Morgan fingerprint density at radius 2 is 1.97 bits per heavy atom. The topological polar surface area (TPSA) is 92.5 Å². The van der Waals surface area contributed by atoms with Crippen molar-refractivity contribution in [2.45, 2.75) is 19.4 Å². The number of hydrogen-bond acceptors (Lipinski definition) is 5. The van der Waals surface area contributed by atoms with Crippen molar-refractivity contribution in [2.24, 2.45) is 5.10 Å². The number of carbonyl (C=O) groups excluding carboxylic acids is 2. The van der Waals surface area contributed by atoms with E-state index in [9.17, 15) is 14.0 Å². The van der Waals surface area contributed by atoms with E-state index in [1.807, 2.05) is 6.07 Å². The van der Waals surface area contributed by atoms with Gasteiger partial charge in [0.25, 0.3) is 5.91 Å². The lowest BCUT2D eigenvalue weighted by atomic mass is 10.1. The van der Waals surface area contributed by atoms with Gasteiger partial charge in [0.05, 0.1) is 17.9 Å². The lowest BCUT2D eigenvalue weighted by molar-refractivity contribution is -0.132. The monoisotopic (exact) mass is 470 g/mol. The molecule has 0 spiro atoms. The minimum absolute atomic E-state index is 0.164. The first-order chi connectivity index (χ1) is 14.5. The zero-order valence-electron chi connectivity index (χ0n) is 15.6. The SMILES string of the molecule is O=C(Nc1cc(Br)ccc1-n1cncn1)C1=NN(Cc2ccc(F)cc2)C(=O)CC1. The number of rotatable bonds is 5. The van der Waals surface area contributed by atoms with Crippen LogP contribution in [0.5, 0.6) is 0 Å². The number of halogens is 2. The average molecular weight is 471 g/mol. The van der Waals surface area contributed by atoms with Gasteiger partial charge in [0.2, 0.25) is 5.91 Å². The largest absolute Gasteiger partial charge is 0.319 e. The molecule has 152 valence electrons. The van der Waals surface area contributed by atoms with Gasteiger partial charge in [-0.2, -0.15) is 10.2 Å². The Morgan fingerprint density at radius 3 is 2.70 bits per heavy atom. The van der Waals surface area contributed by atoms with Crippen LogP contribution in [0.1, 0.15) is 18.4 Å². The zero-order valence-corrected chi connectivity index (χ0v) is 17.2. The molecule has 8 nitrogen and oxygen atoms in total. The van der Waals surface area contributed by atoms with E-state index >= 15 is 0 Å². The third-order valence-electron chi connectivity index (χ3n) is 4.49. The smallest absolute Gasteiger partial charge is 0.271 e. The number of hydrazone groups is 1. The summed E-state index contributed by atoms with van der Waals surface area (Å²) in [6.07, 6.45) is 3.33. The van der Waals surface area contributed by atoms with E-state index in [-0.39, 0.29) is 36.8 Å². The van der Waals surface area contributed by atoms with Crippen LogP contribution in [-0.2, 0) is 16.1 Å². The summed E-state index contributed by atoms with van der Waals surface area (Å²) in [5.74, 6) is -0.961. The summed E-state index contributed by atoms with van der Waals surface area (Å²) in [5, 5.41) is 12.4. The molecular formula is C20H16BrFN6O2. The quantitative estimate of drug-likeness (QED) is 0.618. The van der Waals surface area contributed by atoms with Gasteiger partial charge in [-0.3, -0.25) is 9.59 Å². The minimum Gasteiger partial charge on any atom is -0.319 e. The Morgan fingerprint density at radius 1 is 1.17 bits per heavy atom. The van der Waals surface area contributed by atoms with Gasteiger partial charge in [-0.1, -0.05) is 28.1 Å². The summed E-state index contributed by atoms with van der Waals surface area (Å²) in [4.78, 5) is 29.0. The fourth-order valence-electron chi connectivity index (χ4n) is 2.99. The maximum Gasteiger partial charge on any atom is 0.271 e. The molecule has 0 saturated carbocycles. The fraction of sp³-hybridized carbons (Fsp3) is 0.150. The van der Waals surface area contributed by atoms with Crippen LogP contribution in [0, 0.1) is 5.82 Å². The van der Waals surface area contributed by atoms with Crippen LogP contribution in [0.3, 0.4) is 0 Å². The lowest BCUT2D eigenvalue weighted by Crippen LogP contribution is -2.36. The molecule has 0 unspecified atom stereocenters. The molecule has 30 heavy (non-hydrogen) atoms. The number of anilines is 1. The molecule has 0 fully saturated rings. The molecule has 0 bridgehead atoms. The molecule has 2 heterocycles. The van der Waals surface area contributed by atoms with Gasteiger partial charge in [-0.25, -0.2) is 19.1 Å². The molecule has 0 saturated heterocycles. The van der Waals surface area contributed by atoms with Crippen molar-refractivity contribution < 1.29 is 14.0 Å². The van der Waals surface area contributed by atoms with Crippen molar-refractivity contribution >= 4 is 39.1 Å². The molecule has 1 aromatic heterocycles. The van der Waals surface area contributed by atoms with Crippen LogP contribution >= 0.6 is 15.9 Å². The highest BCUT2D eigenvalue weighted by atomic mass is 79.9. The number of amides is 2. The summed E-state index contributed by atoms with van der Waals surface area (Å²) in [5.41, 5.74) is 2.11. The van der Waals surface area contributed by atoms with Gasteiger partial charge in [-0.15, -0.1) is 0 Å². The third kappa shape index (κ3) is 4.43. The Kier molecular flexibility index (Phi) is 5.66. The van der Waals surface area contributed by atoms with Gasteiger partial charge < -0.3 is 5.32 Å². The number of benzene rings is 2. The van der Waals surface area contributed by atoms with E-state index in [1.54, 1.807) is 24.3 Å². The number of nitrogens with one attached hydrogen (secondary N) is 1. The summed E-state index contributed by atoms with van der Waals surface area (Å²) in [6.45, 7) is 0.164. The second-order valence-corrected chi connectivity index (χ2v) is 7.50. The van der Waals surface area contributed by atoms with Crippen molar-refractivity contribution in [1.29, 1.82) is 0 Å². The fourth-order valence-corrected chi connectivity index (χ4v) is 3.35. The molecular weight excluding hydrogens is 455 g/mol. The summed E-state index contributed by atoms with van der Waals surface area (Å²) >= 11 is 3.40. The molecule has 0 radical (unpaired) electrons. The molecule has 1 aliphatic heterocycles. The number of carbonyl (C=O) groups is 2. The number of nitrogens with zero attached hydrogens (tertiary/aromatic N) is 5. The van der Waals surface area contributed by atoms with Crippen LogP contribution in [-0.4, -0.2) is 37.3 Å². The first-order valence-corrected chi connectivity index (χ1v) is 9.87. The second-order valence-electron chi connectivity index (χ2n) is 6.58. The van der Waals surface area contributed by atoms with Crippen molar-refractivity contribution in [1.82, 2.24) is 19.8 Å². The zero-order chi connectivity index (χ0) is 21.1. The maximum absolute atomic E-state index is 13.1. The van der Waals surface area contributed by atoms with Crippen LogP contribution < -0.4 is 5.32 Å². The van der Waals surface area contributed by atoms with Crippen molar-refractivity contribution in [3.8, 4) is 5.69 Å². The Hall–Kier alpha value is -3.40. The highest BCUT2D eigenvalue weighted by Gasteiger charge is 2.25. The molecule has 1 aliphatic rings. The minimum atomic E-state index is -0.411. The van der Waals surface area contributed by atoms with Crippen LogP contribution in [0.15, 0.2) is 64.7 Å². The van der Waals surface area contributed by atoms with Gasteiger partial charge in [0.1, 0.15) is 24.2 Å². The molecule has 0 atom stereocenters. The highest BCUT2D eigenvalue weighted by molar-refractivity contribution is 9.10. The lowest BCUT2D eigenvalue weighted by Gasteiger charge is -2.23. The molecule has 3 aromatic rings. The van der Waals surface area contributed by atoms with Crippen LogP contribution in [0.2, 0.25) is 0 Å². The van der Waals surface area contributed by atoms with Gasteiger partial charge in [0.15, 0.2) is 0 Å². The standard InChI is InChI=1S/C20H16BrFN6O2/c21-14-3-7-18(28-12-23-11-24-28)17(9-14)25-20(30)16-6-8-19(29)27(26-16)10-13-1-4-15(22)5-2-13/h1-5,7,9,11-12H,6,8,10H2,(H,25,30). The van der Waals surface area contributed by atoms with Crippen molar-refractivity contribution in [3.63, 3.8) is 0 Å². The van der Waals surface area contributed by atoms with Gasteiger partial charge >= 0.3 is 0 Å². The van der Waals surface area contributed by atoms with Gasteiger partial charge in [-0.05, 0) is 35.9 Å². The Balaban J connectivity index is 1.55. The second kappa shape index (κ2) is 8.54. The number of aromatic nitrogens is 3. The van der Waals surface area contributed by atoms with E-state index < -0.39 is 5.91 Å². The van der Waals surface area contributed by atoms with Crippen LogP contribution in [0.4, 0.5) is 10.1 Å². The molecule has 1 N–H and O–H groups in total. The predicted molar refractivity (Wildman–Crippen MR) is 111 cm³/mol. The number of hydrogen-bond donors (Lipinski definition) is 1. The molecule has 2 amide bonds. The van der Waals surface area contributed by atoms with E-state index in [2.05, 4.69) is 36.4 Å². The van der Waals surface area contributed by atoms with E-state index in [4.69, 9.17) is 0 Å². The highest BCUT2D eigenvalue weighted by Crippen LogP contribution is 2.25. The summed E-state index contributed by atoms with van der Waals surface area (Å²) in [6, 6.07) is 11.2. The van der Waals surface area contributed by atoms with E-state index in [0.29, 0.717) is 11.4 Å². The van der Waals surface area contributed by atoms with Crippen LogP contribution in [0.25, 0.3) is 5.69 Å². The van der Waals surface area contributed by atoms with Gasteiger partial charge in [0, 0.05) is 17.3 Å². The van der Waals surface area contributed by atoms with Crippen molar-refractivity contribution in [2.75, 3.05) is 5.32 Å². The van der Waals surface area contributed by atoms with E-state index in [0.717, 1.165) is 10.0 Å². The summed E-state index contributed by atoms with van der Waals surface area (Å²) < 4.78 is 15.4. The molecule has 4 rings (SSSR count). The maximum atomic E-state index is 13.1.